The number of benzene rings is 1. The number of hydrogen-bond donors (Lipinski definition) is 0. The van der Waals surface area contributed by atoms with E-state index >= 15 is 0 Å². The number of thioether (sulfide) groups is 1. The van der Waals surface area contributed by atoms with Crippen molar-refractivity contribution in [1.29, 1.82) is 5.26 Å². The maximum Gasteiger partial charge on any atom is 0.148 e. The summed E-state index contributed by atoms with van der Waals surface area (Å²) in [5.74, 6) is 0.482. The molecule has 0 atom stereocenters. The van der Waals surface area contributed by atoms with Crippen LogP contribution < -0.4 is 0 Å². The van der Waals surface area contributed by atoms with Gasteiger partial charge in [0, 0.05) is 17.4 Å². The third kappa shape index (κ3) is 3.69. The molecule has 0 aliphatic rings. The summed E-state index contributed by atoms with van der Waals surface area (Å²) < 4.78 is 22.2. The molecule has 0 radical (unpaired) electrons. The number of pyridine rings is 1. The molecule has 4 nitrogen and oxygen atoms in total. The van der Waals surface area contributed by atoms with Crippen molar-refractivity contribution < 1.29 is 8.42 Å². The Labute approximate surface area is 116 Å². The molecule has 0 amide bonds. The van der Waals surface area contributed by atoms with Gasteiger partial charge in [-0.25, -0.2) is 13.4 Å². The molecule has 6 heteroatoms. The lowest BCUT2D eigenvalue weighted by Crippen LogP contribution is -2.05. The van der Waals surface area contributed by atoms with Crippen molar-refractivity contribution in [3.05, 3.63) is 35.9 Å². The fourth-order valence-electron chi connectivity index (χ4n) is 1.58. The molecule has 2 rings (SSSR count). The van der Waals surface area contributed by atoms with Crippen molar-refractivity contribution >= 4 is 32.5 Å². The van der Waals surface area contributed by atoms with E-state index in [4.69, 9.17) is 5.26 Å². The monoisotopic (exact) mass is 292 g/mol. The van der Waals surface area contributed by atoms with Gasteiger partial charge in [-0.15, -0.1) is 11.8 Å². The molecule has 0 spiro atoms. The molecule has 1 aromatic heterocycles. The Morgan fingerprint density at radius 1 is 1.37 bits per heavy atom. The molecular formula is C13H12N2O2S2. The van der Waals surface area contributed by atoms with Crippen LogP contribution in [-0.2, 0) is 9.84 Å². The fourth-order valence-corrected chi connectivity index (χ4v) is 3.74. The lowest BCUT2D eigenvalue weighted by atomic mass is 10.2. The standard InChI is InChI=1S/C13H12N2O2S2/c1-19(16,17)7-6-18-13-11(9-14)8-10-4-2-3-5-12(10)15-13/h2-5,8H,6-7H2,1H3. The summed E-state index contributed by atoms with van der Waals surface area (Å²) >= 11 is 1.30. The Bertz CT molecular complexity index is 749. The van der Waals surface area contributed by atoms with E-state index in [9.17, 15) is 8.42 Å². The number of rotatable bonds is 4. The molecule has 0 saturated heterocycles. The summed E-state index contributed by atoms with van der Waals surface area (Å²) in [6.07, 6.45) is 1.20. The van der Waals surface area contributed by atoms with Crippen molar-refractivity contribution in [3.8, 4) is 6.07 Å². The highest BCUT2D eigenvalue weighted by atomic mass is 32.2. The highest BCUT2D eigenvalue weighted by Gasteiger charge is 2.09. The van der Waals surface area contributed by atoms with E-state index in [0.29, 0.717) is 16.3 Å². The summed E-state index contributed by atoms with van der Waals surface area (Å²) in [7, 11) is -2.99. The SMILES string of the molecule is CS(=O)(=O)CCSc1nc2ccccc2cc1C#N. The van der Waals surface area contributed by atoms with Crippen LogP contribution in [-0.4, -0.2) is 31.2 Å². The number of nitrogens with zero attached hydrogens (tertiary/aromatic N) is 2. The summed E-state index contributed by atoms with van der Waals surface area (Å²) in [6, 6.07) is 11.4. The van der Waals surface area contributed by atoms with Crippen molar-refractivity contribution in [1.82, 2.24) is 4.98 Å². The average molecular weight is 292 g/mol. The van der Waals surface area contributed by atoms with Gasteiger partial charge in [0.2, 0.25) is 0 Å². The number of fused-ring (bicyclic) bond motifs is 1. The van der Waals surface area contributed by atoms with Gasteiger partial charge in [-0.05, 0) is 12.1 Å². The molecular weight excluding hydrogens is 280 g/mol. The summed E-state index contributed by atoms with van der Waals surface area (Å²) in [5.41, 5.74) is 1.29. The highest BCUT2D eigenvalue weighted by Crippen LogP contribution is 2.24. The van der Waals surface area contributed by atoms with Crippen LogP contribution in [0.3, 0.4) is 0 Å². The minimum atomic E-state index is -2.99. The Morgan fingerprint density at radius 3 is 2.79 bits per heavy atom. The Morgan fingerprint density at radius 2 is 2.11 bits per heavy atom. The van der Waals surface area contributed by atoms with Gasteiger partial charge in [0.15, 0.2) is 0 Å². The lowest BCUT2D eigenvalue weighted by molar-refractivity contribution is 0.603. The van der Waals surface area contributed by atoms with E-state index in [0.717, 1.165) is 10.9 Å². The van der Waals surface area contributed by atoms with E-state index in [1.807, 2.05) is 24.3 Å². The van der Waals surface area contributed by atoms with Crippen molar-refractivity contribution in [3.63, 3.8) is 0 Å². The Hall–Kier alpha value is -1.58. The molecule has 2 aromatic rings. The third-order valence-corrected chi connectivity index (χ3v) is 4.70. The summed E-state index contributed by atoms with van der Waals surface area (Å²) in [4.78, 5) is 4.41. The summed E-state index contributed by atoms with van der Waals surface area (Å²) in [6.45, 7) is 0. The van der Waals surface area contributed by atoms with E-state index in [1.165, 1.54) is 18.0 Å². The van der Waals surface area contributed by atoms with E-state index in [1.54, 1.807) is 6.07 Å². The van der Waals surface area contributed by atoms with Crippen LogP contribution in [0, 0.1) is 11.3 Å². The first-order chi connectivity index (χ1) is 8.99. The maximum atomic E-state index is 11.1. The second-order valence-electron chi connectivity index (χ2n) is 4.12. The molecule has 0 unspecified atom stereocenters. The lowest BCUT2D eigenvalue weighted by Gasteiger charge is -2.05. The first-order valence-corrected chi connectivity index (χ1v) is 8.64. The normalized spacial score (nSPS) is 11.4. The Kier molecular flexibility index (Phi) is 4.08. The van der Waals surface area contributed by atoms with Gasteiger partial charge in [-0.3, -0.25) is 0 Å². The van der Waals surface area contributed by atoms with E-state index in [-0.39, 0.29) is 5.75 Å². The zero-order valence-corrected chi connectivity index (χ0v) is 12.0. The van der Waals surface area contributed by atoms with Crippen LogP contribution in [0.15, 0.2) is 35.4 Å². The van der Waals surface area contributed by atoms with Crippen LogP contribution in [0.5, 0.6) is 0 Å². The molecule has 0 aliphatic carbocycles. The quantitative estimate of drug-likeness (QED) is 0.808. The molecule has 98 valence electrons. The molecule has 0 bridgehead atoms. The Balaban J connectivity index is 2.29. The van der Waals surface area contributed by atoms with Gasteiger partial charge in [-0.2, -0.15) is 5.26 Å². The number of hydrogen-bond acceptors (Lipinski definition) is 5. The van der Waals surface area contributed by atoms with Crippen molar-refractivity contribution in [2.75, 3.05) is 17.8 Å². The summed E-state index contributed by atoms with van der Waals surface area (Å²) in [5, 5.41) is 10.6. The zero-order chi connectivity index (χ0) is 13.9. The fraction of sp³-hybridized carbons (Fsp3) is 0.231. The molecule has 19 heavy (non-hydrogen) atoms. The predicted molar refractivity (Wildman–Crippen MR) is 76.9 cm³/mol. The molecule has 0 aliphatic heterocycles. The minimum Gasteiger partial charge on any atom is -0.240 e. The predicted octanol–water partition coefficient (Wildman–Crippen LogP) is 2.24. The topological polar surface area (TPSA) is 70.8 Å². The van der Waals surface area contributed by atoms with E-state index in [2.05, 4.69) is 11.1 Å². The highest BCUT2D eigenvalue weighted by molar-refractivity contribution is 8.00. The van der Waals surface area contributed by atoms with Gasteiger partial charge in [-0.1, -0.05) is 18.2 Å². The van der Waals surface area contributed by atoms with Gasteiger partial charge < -0.3 is 0 Å². The number of aromatic nitrogens is 1. The van der Waals surface area contributed by atoms with Gasteiger partial charge in [0.1, 0.15) is 20.9 Å². The number of sulfone groups is 1. The second-order valence-corrected chi connectivity index (χ2v) is 7.47. The second kappa shape index (κ2) is 5.59. The molecule has 0 N–H and O–H groups in total. The van der Waals surface area contributed by atoms with Crippen LogP contribution in [0.1, 0.15) is 5.56 Å². The smallest absolute Gasteiger partial charge is 0.148 e. The molecule has 0 fully saturated rings. The minimum absolute atomic E-state index is 0.0804. The van der Waals surface area contributed by atoms with Gasteiger partial charge in [0.25, 0.3) is 0 Å². The third-order valence-electron chi connectivity index (χ3n) is 2.50. The number of para-hydroxylation sites is 1. The van der Waals surface area contributed by atoms with Crippen LogP contribution >= 0.6 is 11.8 Å². The maximum absolute atomic E-state index is 11.1. The largest absolute Gasteiger partial charge is 0.240 e. The van der Waals surface area contributed by atoms with Crippen molar-refractivity contribution in [2.24, 2.45) is 0 Å². The van der Waals surface area contributed by atoms with Gasteiger partial charge in [0.05, 0.1) is 16.8 Å². The van der Waals surface area contributed by atoms with Crippen molar-refractivity contribution in [2.45, 2.75) is 5.03 Å². The first-order valence-electron chi connectivity index (χ1n) is 5.60. The molecule has 1 aromatic carbocycles. The first kappa shape index (κ1) is 13.8. The van der Waals surface area contributed by atoms with Crippen LogP contribution in [0.4, 0.5) is 0 Å². The molecule has 1 heterocycles. The van der Waals surface area contributed by atoms with Crippen LogP contribution in [0.2, 0.25) is 0 Å². The zero-order valence-electron chi connectivity index (χ0n) is 10.3. The van der Waals surface area contributed by atoms with Gasteiger partial charge >= 0.3 is 0 Å². The average Bonchev–Trinajstić information content (AvgIpc) is 2.36. The number of nitriles is 1. The molecule has 0 saturated carbocycles. The van der Waals surface area contributed by atoms with Crippen LogP contribution in [0.25, 0.3) is 10.9 Å². The van der Waals surface area contributed by atoms with E-state index < -0.39 is 9.84 Å².